The summed E-state index contributed by atoms with van der Waals surface area (Å²) in [4.78, 5) is 34.1. The maximum Gasteiger partial charge on any atom is 0.228 e. The molecule has 1 aliphatic heterocycles. The van der Waals surface area contributed by atoms with Crippen LogP contribution in [0.3, 0.4) is 0 Å². The normalized spacial score (nSPS) is 17.3. The monoisotopic (exact) mass is 387 g/mol. The van der Waals surface area contributed by atoms with Gasteiger partial charge in [-0.15, -0.1) is 11.3 Å². The Kier molecular flexibility index (Phi) is 4.95. The Morgan fingerprint density at radius 1 is 1.11 bits per heavy atom. The molecule has 2 aromatic rings. The molecule has 2 fully saturated rings. The highest BCUT2D eigenvalue weighted by Gasteiger charge is 2.35. The maximum atomic E-state index is 13.2. The summed E-state index contributed by atoms with van der Waals surface area (Å²) < 4.78 is 13.2. The quantitative estimate of drug-likeness (QED) is 0.811. The molecule has 2 amide bonds. The van der Waals surface area contributed by atoms with Gasteiger partial charge in [0.05, 0.1) is 17.1 Å². The second kappa shape index (κ2) is 7.38. The molecule has 4 rings (SSSR count). The molecule has 0 spiro atoms. The van der Waals surface area contributed by atoms with E-state index < -0.39 is 0 Å². The van der Waals surface area contributed by atoms with E-state index in [4.69, 9.17) is 0 Å². The van der Waals surface area contributed by atoms with Crippen LogP contribution in [0, 0.1) is 18.7 Å². The lowest BCUT2D eigenvalue weighted by molar-refractivity contribution is -0.139. The molecule has 0 N–H and O–H groups in total. The molecule has 142 valence electrons. The standard InChI is InChI=1S/C20H22FN3O2S/c1-13-22-19(14-4-6-16(21)7-5-14)17(27-13)12-18(25)23-8-10-24(11-9-23)20(26)15-2-3-15/h4-7,15H,2-3,8-12H2,1H3. The Bertz CT molecular complexity index is 853. The van der Waals surface area contributed by atoms with Crippen LogP contribution in [0.5, 0.6) is 0 Å². The van der Waals surface area contributed by atoms with E-state index in [1.54, 1.807) is 12.1 Å². The van der Waals surface area contributed by atoms with Crippen molar-refractivity contribution in [3.05, 3.63) is 40.0 Å². The molecule has 1 saturated heterocycles. The molecule has 2 aliphatic rings. The highest BCUT2D eigenvalue weighted by atomic mass is 32.1. The minimum atomic E-state index is -0.290. The molecular weight excluding hydrogens is 365 g/mol. The van der Waals surface area contributed by atoms with Crippen molar-refractivity contribution in [2.75, 3.05) is 26.2 Å². The van der Waals surface area contributed by atoms with Gasteiger partial charge in [-0.05, 0) is 44.0 Å². The number of hydrogen-bond donors (Lipinski definition) is 0. The second-order valence-corrected chi connectivity index (χ2v) is 8.46. The summed E-state index contributed by atoms with van der Waals surface area (Å²) in [7, 11) is 0. The molecule has 0 bridgehead atoms. The summed E-state index contributed by atoms with van der Waals surface area (Å²) >= 11 is 1.51. The molecule has 27 heavy (non-hydrogen) atoms. The Balaban J connectivity index is 1.41. The van der Waals surface area contributed by atoms with Gasteiger partial charge in [0.25, 0.3) is 0 Å². The molecule has 7 heteroatoms. The zero-order valence-electron chi connectivity index (χ0n) is 15.3. The summed E-state index contributed by atoms with van der Waals surface area (Å²) in [6.45, 7) is 4.32. The average Bonchev–Trinajstić information content (AvgIpc) is 3.45. The number of halogens is 1. The summed E-state index contributed by atoms with van der Waals surface area (Å²) in [5, 5.41) is 0.886. The number of aryl methyl sites for hydroxylation is 1. The topological polar surface area (TPSA) is 53.5 Å². The number of nitrogens with zero attached hydrogens (tertiary/aromatic N) is 3. The maximum absolute atomic E-state index is 13.2. The highest BCUT2D eigenvalue weighted by molar-refractivity contribution is 7.12. The van der Waals surface area contributed by atoms with Crippen LogP contribution in [0.1, 0.15) is 22.7 Å². The van der Waals surface area contributed by atoms with Crippen molar-refractivity contribution in [1.82, 2.24) is 14.8 Å². The summed E-state index contributed by atoms with van der Waals surface area (Å²) in [6, 6.07) is 6.21. The fraction of sp³-hybridized carbons (Fsp3) is 0.450. The number of benzene rings is 1. The number of carbonyl (C=O) groups is 2. The van der Waals surface area contributed by atoms with Gasteiger partial charge in [-0.1, -0.05) is 0 Å². The minimum Gasteiger partial charge on any atom is -0.339 e. The fourth-order valence-electron chi connectivity index (χ4n) is 3.44. The fourth-order valence-corrected chi connectivity index (χ4v) is 4.39. The van der Waals surface area contributed by atoms with E-state index in [0.717, 1.165) is 34.0 Å². The molecule has 1 aromatic carbocycles. The van der Waals surface area contributed by atoms with Crippen molar-refractivity contribution >= 4 is 23.2 Å². The van der Waals surface area contributed by atoms with Gasteiger partial charge in [-0.2, -0.15) is 0 Å². The van der Waals surface area contributed by atoms with Crippen LogP contribution in [0.15, 0.2) is 24.3 Å². The molecular formula is C20H22FN3O2S. The first-order valence-electron chi connectivity index (χ1n) is 9.30. The van der Waals surface area contributed by atoms with Gasteiger partial charge in [0, 0.05) is 42.5 Å². The Morgan fingerprint density at radius 3 is 2.37 bits per heavy atom. The summed E-state index contributed by atoms with van der Waals surface area (Å²) in [5.74, 6) is 0.243. The first-order chi connectivity index (χ1) is 13.0. The van der Waals surface area contributed by atoms with Crippen LogP contribution in [0.4, 0.5) is 4.39 Å². The largest absolute Gasteiger partial charge is 0.339 e. The Morgan fingerprint density at radius 2 is 1.74 bits per heavy atom. The van der Waals surface area contributed by atoms with Gasteiger partial charge in [-0.25, -0.2) is 9.37 Å². The third-order valence-electron chi connectivity index (χ3n) is 5.10. The van der Waals surface area contributed by atoms with E-state index in [9.17, 15) is 14.0 Å². The number of hydrogen-bond acceptors (Lipinski definition) is 4. The lowest BCUT2D eigenvalue weighted by atomic mass is 10.1. The molecule has 0 radical (unpaired) electrons. The molecule has 5 nitrogen and oxygen atoms in total. The predicted molar refractivity (Wildman–Crippen MR) is 102 cm³/mol. The minimum absolute atomic E-state index is 0.0560. The van der Waals surface area contributed by atoms with Gasteiger partial charge < -0.3 is 9.80 Å². The van der Waals surface area contributed by atoms with Gasteiger partial charge >= 0.3 is 0 Å². The molecule has 1 saturated carbocycles. The van der Waals surface area contributed by atoms with Gasteiger partial charge in [0.1, 0.15) is 5.82 Å². The van der Waals surface area contributed by atoms with E-state index in [0.29, 0.717) is 26.2 Å². The van der Waals surface area contributed by atoms with Crippen LogP contribution < -0.4 is 0 Å². The first kappa shape index (κ1) is 18.1. The van der Waals surface area contributed by atoms with Crippen LogP contribution >= 0.6 is 11.3 Å². The number of aromatic nitrogens is 1. The van der Waals surface area contributed by atoms with Crippen LogP contribution in [-0.4, -0.2) is 52.8 Å². The van der Waals surface area contributed by atoms with Crippen molar-refractivity contribution in [2.24, 2.45) is 5.92 Å². The number of piperazine rings is 1. The zero-order valence-corrected chi connectivity index (χ0v) is 16.1. The van der Waals surface area contributed by atoms with Crippen molar-refractivity contribution in [2.45, 2.75) is 26.2 Å². The second-order valence-electron chi connectivity index (χ2n) is 7.17. The Labute approximate surface area is 161 Å². The van der Waals surface area contributed by atoms with Crippen LogP contribution in [0.25, 0.3) is 11.3 Å². The van der Waals surface area contributed by atoms with Crippen molar-refractivity contribution in [3.63, 3.8) is 0 Å². The number of carbonyl (C=O) groups excluding carboxylic acids is 2. The van der Waals surface area contributed by atoms with E-state index in [1.807, 2.05) is 16.7 Å². The van der Waals surface area contributed by atoms with E-state index in [1.165, 1.54) is 23.5 Å². The van der Waals surface area contributed by atoms with Gasteiger partial charge in [-0.3, -0.25) is 9.59 Å². The molecule has 0 atom stereocenters. The number of amides is 2. The predicted octanol–water partition coefficient (Wildman–Crippen LogP) is 2.88. The van der Waals surface area contributed by atoms with E-state index in [-0.39, 0.29) is 30.0 Å². The lowest BCUT2D eigenvalue weighted by Gasteiger charge is -2.35. The lowest BCUT2D eigenvalue weighted by Crippen LogP contribution is -2.51. The SMILES string of the molecule is Cc1nc(-c2ccc(F)cc2)c(CC(=O)N2CCN(C(=O)C3CC3)CC2)s1. The number of thiazole rings is 1. The van der Waals surface area contributed by atoms with Crippen molar-refractivity contribution < 1.29 is 14.0 Å². The van der Waals surface area contributed by atoms with Gasteiger partial charge in [0.2, 0.25) is 11.8 Å². The zero-order chi connectivity index (χ0) is 19.0. The Hall–Kier alpha value is -2.28. The van der Waals surface area contributed by atoms with Gasteiger partial charge in [0.15, 0.2) is 0 Å². The smallest absolute Gasteiger partial charge is 0.228 e. The summed E-state index contributed by atoms with van der Waals surface area (Å²) in [5.41, 5.74) is 1.58. The van der Waals surface area contributed by atoms with Crippen LogP contribution in [0.2, 0.25) is 0 Å². The molecule has 0 unspecified atom stereocenters. The third-order valence-corrected chi connectivity index (χ3v) is 6.08. The molecule has 1 aliphatic carbocycles. The summed E-state index contributed by atoms with van der Waals surface area (Å²) in [6.07, 6.45) is 2.30. The van der Waals surface area contributed by atoms with Crippen molar-refractivity contribution in [3.8, 4) is 11.3 Å². The number of rotatable bonds is 4. The third kappa shape index (κ3) is 4.03. The highest BCUT2D eigenvalue weighted by Crippen LogP contribution is 2.32. The molecule has 1 aromatic heterocycles. The average molecular weight is 387 g/mol. The van der Waals surface area contributed by atoms with Crippen molar-refractivity contribution in [1.29, 1.82) is 0 Å². The molecule has 2 heterocycles. The first-order valence-corrected chi connectivity index (χ1v) is 10.1. The van der Waals surface area contributed by atoms with E-state index >= 15 is 0 Å². The van der Waals surface area contributed by atoms with Crippen LogP contribution in [-0.2, 0) is 16.0 Å². The van der Waals surface area contributed by atoms with E-state index in [2.05, 4.69) is 4.98 Å².